The van der Waals surface area contributed by atoms with Gasteiger partial charge in [-0.3, -0.25) is 9.20 Å². The minimum absolute atomic E-state index is 0.0164. The van der Waals surface area contributed by atoms with Crippen molar-refractivity contribution in [2.24, 2.45) is 0 Å². The Morgan fingerprint density at radius 2 is 1.76 bits per heavy atom. The van der Waals surface area contributed by atoms with Crippen molar-refractivity contribution in [3.05, 3.63) is 113 Å². The van der Waals surface area contributed by atoms with Gasteiger partial charge in [0.25, 0.3) is 0 Å². The number of fused-ring (bicyclic) bond motifs is 1. The summed E-state index contributed by atoms with van der Waals surface area (Å²) in [7, 11) is 0. The Bertz CT molecular complexity index is 1480. The molecule has 34 heavy (non-hydrogen) atoms. The van der Waals surface area contributed by atoms with E-state index in [9.17, 15) is 18.7 Å². The molecule has 0 saturated carbocycles. The van der Waals surface area contributed by atoms with E-state index in [4.69, 9.17) is 9.40 Å². The van der Waals surface area contributed by atoms with Crippen molar-refractivity contribution >= 4 is 11.6 Å². The number of hydrogen-bond acceptors (Lipinski definition) is 4. The monoisotopic (exact) mass is 459 g/mol. The summed E-state index contributed by atoms with van der Waals surface area (Å²) in [5.41, 5.74) is 3.28. The van der Waals surface area contributed by atoms with E-state index in [0.717, 1.165) is 11.6 Å². The number of nitrogens with zero attached hydrogens (tertiary/aromatic N) is 3. The molecule has 3 aromatic heterocycles. The highest BCUT2D eigenvalue weighted by Crippen LogP contribution is 2.26. The third-order valence-electron chi connectivity index (χ3n) is 5.56. The predicted molar refractivity (Wildman–Crippen MR) is 120 cm³/mol. The van der Waals surface area contributed by atoms with Crippen LogP contribution in [0.5, 0.6) is 0 Å². The van der Waals surface area contributed by atoms with Crippen LogP contribution in [0.15, 0.2) is 77.5 Å². The van der Waals surface area contributed by atoms with E-state index in [0.29, 0.717) is 34.2 Å². The molecule has 1 N–H and O–H groups in total. The largest absolute Gasteiger partial charge is 0.481 e. The number of furan rings is 1. The second-order valence-electron chi connectivity index (χ2n) is 7.85. The summed E-state index contributed by atoms with van der Waals surface area (Å²) in [6, 6.07) is 16.9. The van der Waals surface area contributed by atoms with E-state index in [1.165, 1.54) is 18.4 Å². The Morgan fingerprint density at radius 1 is 0.941 bits per heavy atom. The second kappa shape index (κ2) is 8.90. The average molecular weight is 459 g/mol. The van der Waals surface area contributed by atoms with Crippen LogP contribution in [0.4, 0.5) is 8.78 Å². The standard InChI is InChI=1S/C26H19F2N3O3/c27-19-10-4-8-17(25(19)28)12-21-26-30-20(13-18-9-5-11-34-18)23(14-24(32)33)31(26)15-22(29-21)16-6-2-1-3-7-16/h1-11,15H,12-14H2,(H,32,33). The topological polar surface area (TPSA) is 80.6 Å². The highest BCUT2D eigenvalue weighted by Gasteiger charge is 2.21. The molecule has 0 fully saturated rings. The SMILES string of the molecule is O=C(O)Cc1c(Cc2ccco2)nc2c(Cc3cccc(F)c3F)nc(-c3ccccc3)cn12. The van der Waals surface area contributed by atoms with Gasteiger partial charge in [-0.2, -0.15) is 0 Å². The first-order chi connectivity index (χ1) is 16.5. The first kappa shape index (κ1) is 21.5. The van der Waals surface area contributed by atoms with Gasteiger partial charge in [0.2, 0.25) is 0 Å². The van der Waals surface area contributed by atoms with Crippen molar-refractivity contribution in [3.8, 4) is 11.3 Å². The number of halogens is 2. The molecule has 0 spiro atoms. The number of aliphatic carboxylic acids is 1. The number of imidazole rings is 1. The van der Waals surface area contributed by atoms with Crippen LogP contribution in [0, 0.1) is 11.6 Å². The van der Waals surface area contributed by atoms with Crippen LogP contribution in [0.1, 0.15) is 28.4 Å². The number of hydrogen-bond donors (Lipinski definition) is 1. The molecular weight excluding hydrogens is 440 g/mol. The van der Waals surface area contributed by atoms with Crippen molar-refractivity contribution in [2.45, 2.75) is 19.3 Å². The molecule has 6 nitrogen and oxygen atoms in total. The zero-order valence-electron chi connectivity index (χ0n) is 17.9. The van der Waals surface area contributed by atoms with Gasteiger partial charge in [-0.1, -0.05) is 42.5 Å². The number of benzene rings is 2. The lowest BCUT2D eigenvalue weighted by atomic mass is 10.1. The van der Waals surface area contributed by atoms with E-state index in [1.807, 2.05) is 30.3 Å². The maximum atomic E-state index is 14.5. The molecule has 0 aliphatic heterocycles. The van der Waals surface area contributed by atoms with E-state index in [-0.39, 0.29) is 24.8 Å². The predicted octanol–water partition coefficient (Wildman–Crippen LogP) is 5.08. The van der Waals surface area contributed by atoms with Gasteiger partial charge in [0.15, 0.2) is 17.3 Å². The minimum Gasteiger partial charge on any atom is -0.481 e. The lowest BCUT2D eigenvalue weighted by molar-refractivity contribution is -0.136. The van der Waals surface area contributed by atoms with Gasteiger partial charge < -0.3 is 9.52 Å². The van der Waals surface area contributed by atoms with Crippen molar-refractivity contribution in [2.75, 3.05) is 0 Å². The number of carboxylic acids is 1. The second-order valence-corrected chi connectivity index (χ2v) is 7.85. The third-order valence-corrected chi connectivity index (χ3v) is 5.56. The van der Waals surface area contributed by atoms with E-state index >= 15 is 0 Å². The van der Waals surface area contributed by atoms with Crippen LogP contribution in [0.2, 0.25) is 0 Å². The summed E-state index contributed by atoms with van der Waals surface area (Å²) in [6.45, 7) is 0. The van der Waals surface area contributed by atoms with Crippen molar-refractivity contribution in [1.82, 2.24) is 14.4 Å². The Kier molecular flexibility index (Phi) is 5.63. The molecule has 3 heterocycles. The molecule has 5 aromatic rings. The molecule has 0 bridgehead atoms. The number of carbonyl (C=O) groups is 1. The van der Waals surface area contributed by atoms with Crippen LogP contribution in [-0.2, 0) is 24.1 Å². The molecule has 5 rings (SSSR count). The molecule has 8 heteroatoms. The summed E-state index contributed by atoms with van der Waals surface area (Å²) in [4.78, 5) is 21.1. The first-order valence-corrected chi connectivity index (χ1v) is 10.6. The normalized spacial score (nSPS) is 11.2. The quantitative estimate of drug-likeness (QED) is 0.367. The highest BCUT2D eigenvalue weighted by molar-refractivity contribution is 5.71. The number of carboxylic acid groups (broad SMARTS) is 1. The fourth-order valence-electron chi connectivity index (χ4n) is 3.98. The third kappa shape index (κ3) is 4.17. The molecule has 0 unspecified atom stereocenters. The van der Waals surface area contributed by atoms with Crippen LogP contribution in [-0.4, -0.2) is 25.4 Å². The zero-order valence-corrected chi connectivity index (χ0v) is 17.9. The van der Waals surface area contributed by atoms with Crippen LogP contribution >= 0.6 is 0 Å². The summed E-state index contributed by atoms with van der Waals surface area (Å²) in [6.07, 6.45) is 3.26. The van der Waals surface area contributed by atoms with Crippen molar-refractivity contribution in [1.29, 1.82) is 0 Å². The van der Waals surface area contributed by atoms with Gasteiger partial charge in [-0.15, -0.1) is 0 Å². The van der Waals surface area contributed by atoms with Gasteiger partial charge in [0.05, 0.1) is 41.9 Å². The first-order valence-electron chi connectivity index (χ1n) is 10.6. The average Bonchev–Trinajstić information content (AvgIpc) is 3.46. The lowest BCUT2D eigenvalue weighted by Crippen LogP contribution is -2.08. The Labute approximate surface area is 193 Å². The molecule has 0 radical (unpaired) electrons. The fourth-order valence-corrected chi connectivity index (χ4v) is 3.98. The summed E-state index contributed by atoms with van der Waals surface area (Å²) < 4.78 is 35.5. The molecule has 2 aromatic carbocycles. The Balaban J connectivity index is 1.73. The maximum Gasteiger partial charge on any atom is 0.309 e. The fraction of sp³-hybridized carbons (Fsp3) is 0.115. The zero-order chi connectivity index (χ0) is 23.7. The molecule has 0 aliphatic carbocycles. The molecule has 0 aliphatic rings. The van der Waals surface area contributed by atoms with Gasteiger partial charge in [0, 0.05) is 18.2 Å². The summed E-state index contributed by atoms with van der Waals surface area (Å²) in [5, 5.41) is 9.58. The molecule has 0 saturated heterocycles. The van der Waals surface area contributed by atoms with E-state index < -0.39 is 17.6 Å². The van der Waals surface area contributed by atoms with Crippen molar-refractivity contribution in [3.63, 3.8) is 0 Å². The molecule has 0 amide bonds. The van der Waals surface area contributed by atoms with Gasteiger partial charge in [-0.05, 0) is 23.8 Å². The number of rotatable bonds is 7. The van der Waals surface area contributed by atoms with Crippen molar-refractivity contribution < 1.29 is 23.1 Å². The molecule has 0 atom stereocenters. The van der Waals surface area contributed by atoms with Crippen LogP contribution in [0.25, 0.3) is 16.9 Å². The lowest BCUT2D eigenvalue weighted by Gasteiger charge is -2.10. The Morgan fingerprint density at radius 3 is 2.50 bits per heavy atom. The molecule has 170 valence electrons. The maximum absolute atomic E-state index is 14.5. The summed E-state index contributed by atoms with van der Waals surface area (Å²) >= 11 is 0. The smallest absolute Gasteiger partial charge is 0.309 e. The van der Waals surface area contributed by atoms with Gasteiger partial charge >= 0.3 is 5.97 Å². The van der Waals surface area contributed by atoms with Crippen LogP contribution < -0.4 is 0 Å². The Hall–Kier alpha value is -4.33. The van der Waals surface area contributed by atoms with Gasteiger partial charge in [0.1, 0.15) is 5.76 Å². The minimum atomic E-state index is -1.02. The molecular formula is C26H19F2N3O3. The number of aromatic nitrogens is 3. The van der Waals surface area contributed by atoms with Crippen LogP contribution in [0.3, 0.4) is 0 Å². The highest BCUT2D eigenvalue weighted by atomic mass is 19.2. The van der Waals surface area contributed by atoms with E-state index in [1.54, 1.807) is 22.7 Å². The van der Waals surface area contributed by atoms with E-state index in [2.05, 4.69) is 4.98 Å². The summed E-state index contributed by atoms with van der Waals surface area (Å²) in [5.74, 6) is -2.27. The van der Waals surface area contributed by atoms with Gasteiger partial charge in [-0.25, -0.2) is 18.7 Å².